The van der Waals surface area contributed by atoms with Crippen LogP contribution < -0.4 is 15.8 Å². The van der Waals surface area contributed by atoms with E-state index in [9.17, 15) is 14.4 Å². The number of anilines is 1. The molecule has 0 bridgehead atoms. The highest BCUT2D eigenvalue weighted by molar-refractivity contribution is 6.13. The van der Waals surface area contributed by atoms with Crippen LogP contribution in [0.15, 0.2) is 65.1 Å². The highest BCUT2D eigenvalue weighted by Gasteiger charge is 2.25. The normalized spacial score (nSPS) is 10.8. The summed E-state index contributed by atoms with van der Waals surface area (Å²) in [6.45, 7) is 3.28. The van der Waals surface area contributed by atoms with Crippen molar-refractivity contribution in [2.45, 2.75) is 20.5 Å². The second kappa shape index (κ2) is 9.58. The molecular weight excluding hydrogens is 396 g/mol. The number of rotatable bonds is 8. The van der Waals surface area contributed by atoms with Gasteiger partial charge in [-0.15, -0.1) is 0 Å². The first kappa shape index (κ1) is 21.6. The molecule has 3 aromatic rings. The van der Waals surface area contributed by atoms with E-state index in [0.717, 1.165) is 11.1 Å². The van der Waals surface area contributed by atoms with Crippen molar-refractivity contribution in [3.8, 4) is 5.75 Å². The van der Waals surface area contributed by atoms with Crippen molar-refractivity contribution in [3.05, 3.63) is 88.7 Å². The van der Waals surface area contributed by atoms with Crippen molar-refractivity contribution in [1.82, 2.24) is 0 Å². The molecule has 7 nitrogen and oxygen atoms in total. The number of amides is 2. The van der Waals surface area contributed by atoms with E-state index in [-0.39, 0.29) is 28.6 Å². The van der Waals surface area contributed by atoms with E-state index in [0.29, 0.717) is 12.4 Å². The topological polar surface area (TPSA) is 112 Å². The third-order valence-corrected chi connectivity index (χ3v) is 4.48. The smallest absolute Gasteiger partial charge is 0.255 e. The van der Waals surface area contributed by atoms with Crippen LogP contribution in [0.4, 0.5) is 5.88 Å². The van der Waals surface area contributed by atoms with Gasteiger partial charge in [0.05, 0.1) is 5.56 Å². The molecule has 1 aromatic heterocycles. The van der Waals surface area contributed by atoms with Crippen molar-refractivity contribution in [1.29, 1.82) is 0 Å². The molecule has 1 heterocycles. The molecule has 3 rings (SSSR count). The first-order valence-corrected chi connectivity index (χ1v) is 9.55. The molecule has 0 saturated carbocycles. The minimum atomic E-state index is -0.854. The molecule has 0 aliphatic heterocycles. The maximum absolute atomic E-state index is 12.3. The largest absolute Gasteiger partial charge is 0.489 e. The van der Waals surface area contributed by atoms with Crippen molar-refractivity contribution in [3.63, 3.8) is 0 Å². The van der Waals surface area contributed by atoms with Gasteiger partial charge in [0.1, 0.15) is 23.7 Å². The molecule has 2 amide bonds. The van der Waals surface area contributed by atoms with Crippen LogP contribution in [0.2, 0.25) is 0 Å². The maximum Gasteiger partial charge on any atom is 0.255 e. The van der Waals surface area contributed by atoms with Gasteiger partial charge >= 0.3 is 0 Å². The molecule has 7 heteroatoms. The molecule has 0 aliphatic rings. The summed E-state index contributed by atoms with van der Waals surface area (Å²) in [7, 11) is 0. The summed E-state index contributed by atoms with van der Waals surface area (Å²) in [6, 6.07) is 17.1. The van der Waals surface area contributed by atoms with E-state index in [1.807, 2.05) is 42.5 Å². The minimum absolute atomic E-state index is 0.0675. The Kier molecular flexibility index (Phi) is 6.67. The second-order valence-electron chi connectivity index (χ2n) is 6.82. The average Bonchev–Trinajstić information content (AvgIpc) is 3.08. The van der Waals surface area contributed by atoms with Crippen molar-refractivity contribution < 1.29 is 23.5 Å². The van der Waals surface area contributed by atoms with Crippen LogP contribution in [0.5, 0.6) is 5.75 Å². The van der Waals surface area contributed by atoms with E-state index < -0.39 is 11.8 Å². The Morgan fingerprint density at radius 2 is 1.71 bits per heavy atom. The Hall–Kier alpha value is -4.13. The van der Waals surface area contributed by atoms with E-state index in [1.165, 1.54) is 19.9 Å². The Balaban J connectivity index is 1.63. The van der Waals surface area contributed by atoms with Crippen LogP contribution in [-0.2, 0) is 11.4 Å². The second-order valence-corrected chi connectivity index (χ2v) is 6.82. The Bertz CT molecular complexity index is 1130. The van der Waals surface area contributed by atoms with E-state index in [2.05, 4.69) is 5.32 Å². The van der Waals surface area contributed by atoms with E-state index in [1.54, 1.807) is 18.2 Å². The summed E-state index contributed by atoms with van der Waals surface area (Å²) < 4.78 is 11.1. The number of ketones is 1. The number of aryl methyl sites for hydroxylation is 1. The molecule has 31 heavy (non-hydrogen) atoms. The zero-order chi connectivity index (χ0) is 22.4. The fourth-order valence-corrected chi connectivity index (χ4v) is 3.03. The lowest BCUT2D eigenvalue weighted by Gasteiger charge is -2.06. The lowest BCUT2D eigenvalue weighted by Crippen LogP contribution is -2.18. The van der Waals surface area contributed by atoms with Crippen molar-refractivity contribution in [2.75, 3.05) is 5.32 Å². The quantitative estimate of drug-likeness (QED) is 0.422. The lowest BCUT2D eigenvalue weighted by molar-refractivity contribution is -0.111. The third-order valence-electron chi connectivity index (χ3n) is 4.48. The summed E-state index contributed by atoms with van der Waals surface area (Å²) >= 11 is 0. The van der Waals surface area contributed by atoms with Gasteiger partial charge in [0.15, 0.2) is 5.78 Å². The number of carbonyl (C=O) groups is 3. The Morgan fingerprint density at radius 1 is 1.03 bits per heavy atom. The summed E-state index contributed by atoms with van der Waals surface area (Å²) in [5, 5.41) is 2.46. The van der Waals surface area contributed by atoms with Gasteiger partial charge in [-0.3, -0.25) is 19.7 Å². The molecule has 3 N–H and O–H groups in total. The predicted octanol–water partition coefficient (Wildman–Crippen LogP) is 4.12. The van der Waals surface area contributed by atoms with Gasteiger partial charge in [0, 0.05) is 6.08 Å². The fourth-order valence-electron chi connectivity index (χ4n) is 3.03. The number of ether oxygens (including phenoxy) is 1. The first-order valence-electron chi connectivity index (χ1n) is 9.55. The summed E-state index contributed by atoms with van der Waals surface area (Å²) in [5.74, 6) is -0.982. The van der Waals surface area contributed by atoms with E-state index in [4.69, 9.17) is 14.9 Å². The standard InChI is InChI=1S/C24H22N2O5/c1-15(27)21-16(2)31-24(22(21)23(25)29)26-20(28)13-10-17-8-11-19(12-9-17)30-14-18-6-4-3-5-7-18/h3-13H,14H2,1-2H3,(H2,25,29)(H,26,28)/b13-10+. The number of carbonyl (C=O) groups excluding carboxylic acids is 3. The Labute approximate surface area is 179 Å². The molecule has 0 radical (unpaired) electrons. The molecule has 0 spiro atoms. The number of benzene rings is 2. The number of hydrogen-bond acceptors (Lipinski definition) is 5. The molecule has 2 aromatic carbocycles. The zero-order valence-electron chi connectivity index (χ0n) is 17.2. The van der Waals surface area contributed by atoms with E-state index >= 15 is 0 Å². The summed E-state index contributed by atoms with van der Waals surface area (Å²) in [6.07, 6.45) is 2.89. The summed E-state index contributed by atoms with van der Waals surface area (Å²) in [5.41, 5.74) is 7.13. The van der Waals surface area contributed by atoms with Crippen molar-refractivity contribution >= 4 is 29.6 Å². The van der Waals surface area contributed by atoms with Gasteiger partial charge in [-0.2, -0.15) is 0 Å². The third kappa shape index (κ3) is 5.48. The fraction of sp³-hybridized carbons (Fsp3) is 0.125. The van der Waals surface area contributed by atoms with Crippen LogP contribution >= 0.6 is 0 Å². The summed E-state index contributed by atoms with van der Waals surface area (Å²) in [4.78, 5) is 35.7. The number of Topliss-reactive ketones (excluding diaryl/α,β-unsaturated/α-hetero) is 1. The van der Waals surface area contributed by atoms with Crippen LogP contribution in [-0.4, -0.2) is 17.6 Å². The monoisotopic (exact) mass is 418 g/mol. The molecule has 0 atom stereocenters. The van der Waals surface area contributed by atoms with Gasteiger partial charge in [-0.1, -0.05) is 42.5 Å². The highest BCUT2D eigenvalue weighted by Crippen LogP contribution is 2.27. The van der Waals surface area contributed by atoms with Crippen LogP contribution in [0, 0.1) is 6.92 Å². The molecule has 0 unspecified atom stereocenters. The SMILES string of the molecule is CC(=O)c1c(C)oc(NC(=O)/C=C/c2ccc(OCc3ccccc3)cc2)c1C(N)=O. The van der Waals surface area contributed by atoms with Gasteiger partial charge in [-0.25, -0.2) is 0 Å². The van der Waals surface area contributed by atoms with Gasteiger partial charge in [0.2, 0.25) is 5.88 Å². The molecular formula is C24H22N2O5. The van der Waals surface area contributed by atoms with Crippen LogP contribution in [0.25, 0.3) is 6.08 Å². The molecule has 0 saturated heterocycles. The number of nitrogens with two attached hydrogens (primary N) is 1. The first-order chi connectivity index (χ1) is 14.8. The number of primary amides is 1. The number of hydrogen-bond donors (Lipinski definition) is 2. The van der Waals surface area contributed by atoms with Gasteiger partial charge < -0.3 is 14.9 Å². The van der Waals surface area contributed by atoms with Crippen LogP contribution in [0.1, 0.15) is 44.5 Å². The predicted molar refractivity (Wildman–Crippen MR) is 117 cm³/mol. The number of nitrogens with one attached hydrogen (secondary N) is 1. The van der Waals surface area contributed by atoms with Crippen molar-refractivity contribution in [2.24, 2.45) is 5.73 Å². The van der Waals surface area contributed by atoms with Gasteiger partial charge in [-0.05, 0) is 43.2 Å². The number of furan rings is 1. The molecule has 0 aliphatic carbocycles. The van der Waals surface area contributed by atoms with Gasteiger partial charge in [0.25, 0.3) is 11.8 Å². The molecule has 0 fully saturated rings. The Morgan fingerprint density at radius 3 is 2.32 bits per heavy atom. The van der Waals surface area contributed by atoms with Crippen LogP contribution in [0.3, 0.4) is 0 Å². The minimum Gasteiger partial charge on any atom is -0.489 e. The maximum atomic E-state index is 12.3. The zero-order valence-corrected chi connectivity index (χ0v) is 17.2. The highest BCUT2D eigenvalue weighted by atomic mass is 16.5. The molecule has 158 valence electrons. The lowest BCUT2D eigenvalue weighted by atomic mass is 10.1. The average molecular weight is 418 g/mol.